The van der Waals surface area contributed by atoms with Gasteiger partial charge in [0.25, 0.3) is 5.91 Å². The molecule has 0 bridgehead atoms. The Morgan fingerprint density at radius 2 is 1.80 bits per heavy atom. The van der Waals surface area contributed by atoms with Gasteiger partial charge in [0.2, 0.25) is 6.04 Å². The number of carboxylic acid groups (broad SMARTS) is 1. The van der Waals surface area contributed by atoms with Crippen LogP contribution in [0.3, 0.4) is 0 Å². The van der Waals surface area contributed by atoms with Crippen molar-refractivity contribution in [2.75, 3.05) is 5.06 Å². The summed E-state index contributed by atoms with van der Waals surface area (Å²) in [5, 5.41) is 18.5. The van der Waals surface area contributed by atoms with Crippen molar-refractivity contribution in [3.05, 3.63) is 30.3 Å². The number of amides is 1. The number of aliphatic carboxylic acids is 1. The first-order valence-corrected chi connectivity index (χ1v) is 4.09. The van der Waals surface area contributed by atoms with Gasteiger partial charge in [0.15, 0.2) is 0 Å². The van der Waals surface area contributed by atoms with E-state index in [4.69, 9.17) is 10.8 Å². The molecule has 0 aliphatic rings. The van der Waals surface area contributed by atoms with Crippen molar-refractivity contribution in [2.24, 2.45) is 5.73 Å². The van der Waals surface area contributed by atoms with Crippen molar-refractivity contribution in [1.29, 1.82) is 0 Å². The number of hydrogen-bond acceptors (Lipinski definition) is 4. The van der Waals surface area contributed by atoms with Gasteiger partial charge in [-0.15, -0.1) is 0 Å². The minimum Gasteiger partial charge on any atom is -0.479 e. The third-order valence-corrected chi connectivity index (χ3v) is 1.77. The quantitative estimate of drug-likeness (QED) is 0.472. The van der Waals surface area contributed by atoms with E-state index in [1.54, 1.807) is 18.2 Å². The van der Waals surface area contributed by atoms with Crippen LogP contribution in [-0.4, -0.2) is 28.2 Å². The fourth-order valence-corrected chi connectivity index (χ4v) is 1.08. The van der Waals surface area contributed by atoms with Crippen LogP contribution in [-0.2, 0) is 9.59 Å². The minimum atomic E-state index is -1.78. The molecular formula is C9H10N2O4. The molecule has 0 aliphatic heterocycles. The molecule has 1 atom stereocenters. The Morgan fingerprint density at radius 3 is 2.20 bits per heavy atom. The van der Waals surface area contributed by atoms with Gasteiger partial charge in [-0.25, -0.2) is 9.86 Å². The van der Waals surface area contributed by atoms with Gasteiger partial charge in [0.1, 0.15) is 0 Å². The van der Waals surface area contributed by atoms with E-state index in [9.17, 15) is 14.8 Å². The average molecular weight is 210 g/mol. The van der Waals surface area contributed by atoms with Crippen LogP contribution in [0, 0.1) is 0 Å². The molecule has 1 aromatic carbocycles. The van der Waals surface area contributed by atoms with E-state index >= 15 is 0 Å². The standard InChI is InChI=1S/C9H10N2O4/c10-8(12)7(9(13)14)11(15)6-4-2-1-3-5-6/h1-5,7,15H,(H2,10,12)(H,13,14)/t7-/m0/s1. The Bertz CT molecular complexity index is 352. The Morgan fingerprint density at radius 1 is 1.27 bits per heavy atom. The predicted octanol–water partition coefficient (Wildman–Crippen LogP) is -0.179. The molecule has 1 amide bonds. The summed E-state index contributed by atoms with van der Waals surface area (Å²) in [5.41, 5.74) is 5.04. The number of anilines is 1. The van der Waals surface area contributed by atoms with Gasteiger partial charge in [0, 0.05) is 0 Å². The molecular weight excluding hydrogens is 200 g/mol. The number of benzene rings is 1. The summed E-state index contributed by atoms with van der Waals surface area (Å²) >= 11 is 0. The molecule has 0 aliphatic carbocycles. The van der Waals surface area contributed by atoms with Crippen molar-refractivity contribution < 1.29 is 19.9 Å². The van der Waals surface area contributed by atoms with Crippen LogP contribution in [0.5, 0.6) is 0 Å². The first-order valence-electron chi connectivity index (χ1n) is 4.09. The van der Waals surface area contributed by atoms with E-state index in [0.29, 0.717) is 5.06 Å². The molecule has 0 radical (unpaired) electrons. The second-order valence-electron chi connectivity index (χ2n) is 2.82. The number of nitrogens with zero attached hydrogens (tertiary/aromatic N) is 1. The zero-order valence-electron chi connectivity index (χ0n) is 7.70. The Hall–Kier alpha value is -2.08. The molecule has 0 heterocycles. The van der Waals surface area contributed by atoms with Crippen LogP contribution in [0.15, 0.2) is 30.3 Å². The highest BCUT2D eigenvalue weighted by Gasteiger charge is 2.30. The smallest absolute Gasteiger partial charge is 0.338 e. The maximum atomic E-state index is 10.8. The zero-order chi connectivity index (χ0) is 11.4. The molecule has 0 saturated carbocycles. The normalized spacial score (nSPS) is 11.8. The van der Waals surface area contributed by atoms with Gasteiger partial charge < -0.3 is 10.8 Å². The van der Waals surface area contributed by atoms with Crippen molar-refractivity contribution in [3.63, 3.8) is 0 Å². The summed E-state index contributed by atoms with van der Waals surface area (Å²) < 4.78 is 0. The summed E-state index contributed by atoms with van der Waals surface area (Å²) in [4.78, 5) is 21.4. The highest BCUT2D eigenvalue weighted by atomic mass is 16.5. The highest BCUT2D eigenvalue weighted by molar-refractivity contribution is 6.03. The van der Waals surface area contributed by atoms with Crippen LogP contribution in [0.2, 0.25) is 0 Å². The topological polar surface area (TPSA) is 104 Å². The molecule has 0 spiro atoms. The van der Waals surface area contributed by atoms with Crippen molar-refractivity contribution in [3.8, 4) is 0 Å². The molecule has 0 saturated heterocycles. The molecule has 6 heteroatoms. The number of nitrogens with two attached hydrogens (primary N) is 1. The SMILES string of the molecule is NC(=O)[C@@H](C(=O)O)N(O)c1ccccc1. The molecule has 0 unspecified atom stereocenters. The molecule has 0 aromatic heterocycles. The first kappa shape index (κ1) is 11.0. The van der Waals surface area contributed by atoms with Crippen molar-refractivity contribution in [1.82, 2.24) is 0 Å². The Balaban J connectivity index is 2.96. The average Bonchev–Trinajstić information content (AvgIpc) is 2.18. The van der Waals surface area contributed by atoms with E-state index in [0.717, 1.165) is 0 Å². The van der Waals surface area contributed by atoms with Gasteiger partial charge in [-0.2, -0.15) is 0 Å². The fraction of sp³-hybridized carbons (Fsp3) is 0.111. The van der Waals surface area contributed by atoms with Gasteiger partial charge in [-0.05, 0) is 12.1 Å². The van der Waals surface area contributed by atoms with Crippen LogP contribution < -0.4 is 10.8 Å². The van der Waals surface area contributed by atoms with Crippen molar-refractivity contribution >= 4 is 17.6 Å². The van der Waals surface area contributed by atoms with Gasteiger partial charge in [-0.3, -0.25) is 10.0 Å². The lowest BCUT2D eigenvalue weighted by molar-refractivity contribution is -0.143. The van der Waals surface area contributed by atoms with Gasteiger partial charge >= 0.3 is 5.97 Å². The van der Waals surface area contributed by atoms with E-state index in [2.05, 4.69) is 0 Å². The summed E-state index contributed by atoms with van der Waals surface area (Å²) in [6, 6.07) is 6.01. The van der Waals surface area contributed by atoms with Crippen molar-refractivity contribution in [2.45, 2.75) is 6.04 Å². The maximum Gasteiger partial charge on any atom is 0.338 e. The lowest BCUT2D eigenvalue weighted by Crippen LogP contribution is -2.48. The van der Waals surface area contributed by atoms with Gasteiger partial charge in [0.05, 0.1) is 5.69 Å². The molecule has 80 valence electrons. The molecule has 1 aromatic rings. The first-order chi connectivity index (χ1) is 7.04. The predicted molar refractivity (Wildman–Crippen MR) is 51.3 cm³/mol. The third-order valence-electron chi connectivity index (χ3n) is 1.77. The Labute approximate surface area is 85.5 Å². The third kappa shape index (κ3) is 2.44. The summed E-state index contributed by atoms with van der Waals surface area (Å²) in [5.74, 6) is -2.64. The number of primary amides is 1. The highest BCUT2D eigenvalue weighted by Crippen LogP contribution is 2.13. The van der Waals surface area contributed by atoms with E-state index in [1.165, 1.54) is 12.1 Å². The number of carbonyl (C=O) groups is 2. The van der Waals surface area contributed by atoms with Crippen LogP contribution in [0.25, 0.3) is 0 Å². The zero-order valence-corrected chi connectivity index (χ0v) is 7.70. The molecule has 0 fully saturated rings. The van der Waals surface area contributed by atoms with Crippen LogP contribution in [0.4, 0.5) is 5.69 Å². The van der Waals surface area contributed by atoms with Gasteiger partial charge in [-0.1, -0.05) is 18.2 Å². The number of rotatable bonds is 4. The molecule has 6 nitrogen and oxygen atoms in total. The maximum absolute atomic E-state index is 10.8. The Kier molecular flexibility index (Phi) is 3.25. The summed E-state index contributed by atoms with van der Waals surface area (Å²) in [7, 11) is 0. The van der Waals surface area contributed by atoms with E-state index in [1.807, 2.05) is 0 Å². The van der Waals surface area contributed by atoms with Crippen LogP contribution >= 0.6 is 0 Å². The second-order valence-corrected chi connectivity index (χ2v) is 2.82. The monoisotopic (exact) mass is 210 g/mol. The number of hydroxylamine groups is 1. The molecule has 4 N–H and O–H groups in total. The number of carboxylic acids is 1. The minimum absolute atomic E-state index is 0.184. The fourth-order valence-electron chi connectivity index (χ4n) is 1.08. The molecule has 1 rings (SSSR count). The number of hydrogen-bond donors (Lipinski definition) is 3. The van der Waals surface area contributed by atoms with E-state index < -0.39 is 17.9 Å². The van der Waals surface area contributed by atoms with E-state index in [-0.39, 0.29) is 5.69 Å². The largest absolute Gasteiger partial charge is 0.479 e. The number of para-hydroxylation sites is 1. The lowest BCUT2D eigenvalue weighted by atomic mass is 10.2. The molecule has 15 heavy (non-hydrogen) atoms. The van der Waals surface area contributed by atoms with Crippen LogP contribution in [0.1, 0.15) is 0 Å². The lowest BCUT2D eigenvalue weighted by Gasteiger charge is -2.21. The summed E-state index contributed by atoms with van der Waals surface area (Å²) in [6.07, 6.45) is 0. The summed E-state index contributed by atoms with van der Waals surface area (Å²) in [6.45, 7) is 0. The second kappa shape index (κ2) is 4.43. The number of carbonyl (C=O) groups excluding carboxylic acids is 1.